The Morgan fingerprint density at radius 1 is 1.40 bits per heavy atom. The van der Waals surface area contributed by atoms with Crippen molar-refractivity contribution in [1.29, 1.82) is 0 Å². The summed E-state index contributed by atoms with van der Waals surface area (Å²) >= 11 is 3.01. The third-order valence-corrected chi connectivity index (χ3v) is 5.00. The molecule has 0 radical (unpaired) electrons. The maximum atomic E-state index is 13.2. The van der Waals surface area contributed by atoms with Crippen LogP contribution in [0.4, 0.5) is 10.1 Å². The molecule has 5 nitrogen and oxygen atoms in total. The van der Waals surface area contributed by atoms with E-state index in [0.717, 1.165) is 12.1 Å². The van der Waals surface area contributed by atoms with Crippen LogP contribution < -0.4 is 10.5 Å². The van der Waals surface area contributed by atoms with Crippen molar-refractivity contribution >= 4 is 31.6 Å². The number of nitrogen functional groups attached to an aromatic ring is 1. The smallest absolute Gasteiger partial charge is 0.241 e. The minimum Gasteiger partial charge on any atom is -0.469 e. The van der Waals surface area contributed by atoms with Gasteiger partial charge in [-0.3, -0.25) is 0 Å². The van der Waals surface area contributed by atoms with Gasteiger partial charge < -0.3 is 10.2 Å². The van der Waals surface area contributed by atoms with Gasteiger partial charge in [0.25, 0.3) is 0 Å². The van der Waals surface area contributed by atoms with Crippen molar-refractivity contribution in [3.05, 3.63) is 46.6 Å². The second kappa shape index (κ2) is 5.94. The summed E-state index contributed by atoms with van der Waals surface area (Å²) in [6.07, 6.45) is 1.93. The van der Waals surface area contributed by atoms with E-state index in [1.807, 2.05) is 0 Å². The summed E-state index contributed by atoms with van der Waals surface area (Å²) in [5.41, 5.74) is 5.17. The largest absolute Gasteiger partial charge is 0.469 e. The Morgan fingerprint density at radius 2 is 2.15 bits per heavy atom. The molecule has 2 rings (SSSR count). The van der Waals surface area contributed by atoms with Gasteiger partial charge in [0.2, 0.25) is 10.0 Å². The van der Waals surface area contributed by atoms with E-state index in [9.17, 15) is 12.8 Å². The molecule has 0 atom stereocenters. The first kappa shape index (κ1) is 15.0. The van der Waals surface area contributed by atoms with Crippen molar-refractivity contribution in [2.24, 2.45) is 0 Å². The standard InChI is InChI=1S/C12H12BrFN2O3S/c13-9-6-10(14)11(15)7-12(9)20(17,18)16-4-3-8-2-1-5-19-8/h1-2,5-7,16H,3-4,15H2. The third-order valence-electron chi connectivity index (χ3n) is 2.58. The molecule has 0 unspecified atom stereocenters. The van der Waals surface area contributed by atoms with Crippen LogP contribution in [-0.4, -0.2) is 15.0 Å². The molecule has 8 heteroatoms. The highest BCUT2D eigenvalue weighted by atomic mass is 79.9. The van der Waals surface area contributed by atoms with Crippen LogP contribution in [0, 0.1) is 5.82 Å². The third kappa shape index (κ3) is 3.38. The van der Waals surface area contributed by atoms with Gasteiger partial charge in [-0.15, -0.1) is 0 Å². The molecule has 0 amide bonds. The predicted octanol–water partition coefficient (Wildman–Crippen LogP) is 2.28. The average molecular weight is 363 g/mol. The summed E-state index contributed by atoms with van der Waals surface area (Å²) in [6, 6.07) is 5.58. The molecule has 0 saturated carbocycles. The molecule has 0 aliphatic carbocycles. The number of anilines is 1. The lowest BCUT2D eigenvalue weighted by molar-refractivity contribution is 0.506. The number of rotatable bonds is 5. The number of nitrogens with one attached hydrogen (secondary N) is 1. The Morgan fingerprint density at radius 3 is 2.80 bits per heavy atom. The molecule has 3 N–H and O–H groups in total. The van der Waals surface area contributed by atoms with E-state index in [4.69, 9.17) is 10.2 Å². The molecule has 2 aromatic rings. The Bertz CT molecular complexity index is 702. The quantitative estimate of drug-likeness (QED) is 0.799. The topological polar surface area (TPSA) is 85.3 Å². The van der Waals surface area contributed by atoms with Gasteiger partial charge in [0.1, 0.15) is 11.6 Å². The van der Waals surface area contributed by atoms with Crippen molar-refractivity contribution < 1.29 is 17.2 Å². The Labute approximate surface area is 124 Å². The zero-order valence-corrected chi connectivity index (χ0v) is 12.7. The van der Waals surface area contributed by atoms with Crippen LogP contribution in [0.5, 0.6) is 0 Å². The highest BCUT2D eigenvalue weighted by Gasteiger charge is 2.19. The normalized spacial score (nSPS) is 11.7. The van der Waals surface area contributed by atoms with E-state index in [2.05, 4.69) is 20.7 Å². The van der Waals surface area contributed by atoms with E-state index in [1.54, 1.807) is 12.1 Å². The molecule has 1 heterocycles. The van der Waals surface area contributed by atoms with Crippen LogP contribution in [-0.2, 0) is 16.4 Å². The Hall–Kier alpha value is -1.38. The van der Waals surface area contributed by atoms with Crippen LogP contribution in [0.1, 0.15) is 5.76 Å². The maximum absolute atomic E-state index is 13.2. The number of furan rings is 1. The molecular formula is C12H12BrFN2O3S. The fourth-order valence-corrected chi connectivity index (χ4v) is 3.67. The van der Waals surface area contributed by atoms with Gasteiger partial charge in [-0.1, -0.05) is 0 Å². The number of benzene rings is 1. The fourth-order valence-electron chi connectivity index (χ4n) is 1.59. The summed E-state index contributed by atoms with van der Waals surface area (Å²) < 4.78 is 45.0. The van der Waals surface area contributed by atoms with Crippen molar-refractivity contribution in [3.63, 3.8) is 0 Å². The zero-order chi connectivity index (χ0) is 14.8. The van der Waals surface area contributed by atoms with Crippen molar-refractivity contribution in [2.75, 3.05) is 12.3 Å². The lowest BCUT2D eigenvalue weighted by atomic mass is 10.3. The van der Waals surface area contributed by atoms with Crippen molar-refractivity contribution in [3.8, 4) is 0 Å². The fraction of sp³-hybridized carbons (Fsp3) is 0.167. The second-order valence-corrected chi connectivity index (χ2v) is 6.62. The monoisotopic (exact) mass is 362 g/mol. The van der Waals surface area contributed by atoms with Gasteiger partial charge in [0.15, 0.2) is 0 Å². The summed E-state index contributed by atoms with van der Waals surface area (Å²) in [5, 5.41) is 0. The second-order valence-electron chi connectivity index (χ2n) is 4.03. The van der Waals surface area contributed by atoms with Gasteiger partial charge in [-0.05, 0) is 40.2 Å². The molecule has 1 aromatic carbocycles. The minimum atomic E-state index is -3.77. The predicted molar refractivity (Wildman–Crippen MR) is 76.1 cm³/mol. The Kier molecular flexibility index (Phi) is 4.46. The molecule has 108 valence electrons. The van der Waals surface area contributed by atoms with E-state index in [1.165, 1.54) is 6.26 Å². The average Bonchev–Trinajstić information content (AvgIpc) is 2.86. The summed E-state index contributed by atoms with van der Waals surface area (Å²) in [5.74, 6) is -0.00297. The van der Waals surface area contributed by atoms with E-state index >= 15 is 0 Å². The molecule has 1 aromatic heterocycles. The molecule has 0 saturated heterocycles. The van der Waals surface area contributed by atoms with Crippen LogP contribution in [0.3, 0.4) is 0 Å². The molecule has 0 aliphatic rings. The van der Waals surface area contributed by atoms with Crippen LogP contribution in [0.25, 0.3) is 0 Å². The van der Waals surface area contributed by atoms with Crippen LogP contribution in [0.2, 0.25) is 0 Å². The van der Waals surface area contributed by atoms with Crippen LogP contribution in [0.15, 0.2) is 44.3 Å². The van der Waals surface area contributed by atoms with E-state index in [0.29, 0.717) is 12.2 Å². The lowest BCUT2D eigenvalue weighted by Gasteiger charge is -2.09. The van der Waals surface area contributed by atoms with Gasteiger partial charge in [0, 0.05) is 17.4 Å². The highest BCUT2D eigenvalue weighted by molar-refractivity contribution is 9.10. The number of nitrogens with two attached hydrogens (primary N) is 1. The first-order chi connectivity index (χ1) is 9.40. The molecular weight excluding hydrogens is 351 g/mol. The molecule has 0 bridgehead atoms. The lowest BCUT2D eigenvalue weighted by Crippen LogP contribution is -2.26. The van der Waals surface area contributed by atoms with Gasteiger partial charge >= 0.3 is 0 Å². The Balaban J connectivity index is 2.12. The number of hydrogen-bond acceptors (Lipinski definition) is 4. The summed E-state index contributed by atoms with van der Waals surface area (Å²) in [6.45, 7) is 0.166. The minimum absolute atomic E-state index is 0.101. The summed E-state index contributed by atoms with van der Waals surface area (Å²) in [7, 11) is -3.77. The number of sulfonamides is 1. The first-order valence-corrected chi connectivity index (χ1v) is 7.94. The van der Waals surface area contributed by atoms with Gasteiger partial charge in [0.05, 0.1) is 16.8 Å². The first-order valence-electron chi connectivity index (χ1n) is 5.67. The zero-order valence-electron chi connectivity index (χ0n) is 10.3. The van der Waals surface area contributed by atoms with Gasteiger partial charge in [-0.2, -0.15) is 0 Å². The molecule has 0 spiro atoms. The van der Waals surface area contributed by atoms with E-state index < -0.39 is 15.8 Å². The SMILES string of the molecule is Nc1cc(S(=O)(=O)NCCc2ccco2)c(Br)cc1F. The van der Waals surface area contributed by atoms with Crippen LogP contribution >= 0.6 is 15.9 Å². The maximum Gasteiger partial charge on any atom is 0.241 e. The van der Waals surface area contributed by atoms with Crippen molar-refractivity contribution in [2.45, 2.75) is 11.3 Å². The number of hydrogen-bond donors (Lipinski definition) is 2. The van der Waals surface area contributed by atoms with Gasteiger partial charge in [-0.25, -0.2) is 17.5 Å². The van der Waals surface area contributed by atoms with E-state index in [-0.39, 0.29) is 21.6 Å². The number of halogens is 2. The highest BCUT2D eigenvalue weighted by Crippen LogP contribution is 2.26. The molecule has 0 aliphatic heterocycles. The summed E-state index contributed by atoms with van der Waals surface area (Å²) in [4.78, 5) is -0.101. The van der Waals surface area contributed by atoms with Crippen molar-refractivity contribution in [1.82, 2.24) is 4.72 Å². The molecule has 0 fully saturated rings. The molecule has 20 heavy (non-hydrogen) atoms.